The third-order valence-corrected chi connectivity index (χ3v) is 3.75. The molecule has 0 atom stereocenters. The molecule has 54 valence electrons. The van der Waals surface area contributed by atoms with Crippen molar-refractivity contribution in [3.8, 4) is 0 Å². The predicted molar refractivity (Wildman–Crippen MR) is 56.4 cm³/mol. The fourth-order valence-corrected chi connectivity index (χ4v) is 1.71. The normalized spacial score (nSPS) is 10.0. The first-order valence-corrected chi connectivity index (χ1v) is 4.73. The summed E-state index contributed by atoms with van der Waals surface area (Å²) >= 11 is 17.8. The summed E-state index contributed by atoms with van der Waals surface area (Å²) in [5.41, 5.74) is 0. The SMILES string of the molecule is Sc1c(I)ccc(Cl)c1Cl. The highest BCUT2D eigenvalue weighted by Crippen LogP contribution is 2.31. The molecule has 1 aromatic carbocycles. The van der Waals surface area contributed by atoms with Gasteiger partial charge in [-0.2, -0.15) is 0 Å². The van der Waals surface area contributed by atoms with Crippen LogP contribution in [0.1, 0.15) is 0 Å². The Labute approximate surface area is 88.5 Å². The third kappa shape index (κ3) is 1.72. The second-order valence-electron chi connectivity index (χ2n) is 1.69. The zero-order valence-corrected chi connectivity index (χ0v) is 9.30. The number of hydrogen-bond donors (Lipinski definition) is 1. The van der Waals surface area contributed by atoms with Crippen LogP contribution in [0.3, 0.4) is 0 Å². The summed E-state index contributed by atoms with van der Waals surface area (Å²) in [7, 11) is 0. The smallest absolute Gasteiger partial charge is 0.0736 e. The Morgan fingerprint density at radius 1 is 1.30 bits per heavy atom. The predicted octanol–water partition coefficient (Wildman–Crippen LogP) is 3.89. The van der Waals surface area contributed by atoms with Crippen LogP contribution < -0.4 is 0 Å². The summed E-state index contributed by atoms with van der Waals surface area (Å²) in [6, 6.07) is 3.63. The number of rotatable bonds is 0. The lowest BCUT2D eigenvalue weighted by molar-refractivity contribution is 1.41. The third-order valence-electron chi connectivity index (χ3n) is 1.02. The Morgan fingerprint density at radius 2 is 1.90 bits per heavy atom. The number of hydrogen-bond acceptors (Lipinski definition) is 1. The van der Waals surface area contributed by atoms with Crippen LogP contribution in [0.15, 0.2) is 17.0 Å². The molecule has 4 heteroatoms. The van der Waals surface area contributed by atoms with Crippen molar-refractivity contribution in [3.63, 3.8) is 0 Å². The largest absolute Gasteiger partial charge is 0.141 e. The van der Waals surface area contributed by atoms with E-state index in [4.69, 9.17) is 23.2 Å². The fourth-order valence-electron chi connectivity index (χ4n) is 0.516. The highest BCUT2D eigenvalue weighted by molar-refractivity contribution is 14.1. The summed E-state index contributed by atoms with van der Waals surface area (Å²) in [6.07, 6.45) is 0. The first kappa shape index (κ1) is 8.97. The van der Waals surface area contributed by atoms with Crippen LogP contribution >= 0.6 is 58.4 Å². The number of thiol groups is 1. The van der Waals surface area contributed by atoms with Gasteiger partial charge in [0.15, 0.2) is 0 Å². The fraction of sp³-hybridized carbons (Fsp3) is 0. The van der Waals surface area contributed by atoms with E-state index in [2.05, 4.69) is 35.2 Å². The van der Waals surface area contributed by atoms with Crippen molar-refractivity contribution in [1.82, 2.24) is 0 Å². The van der Waals surface area contributed by atoms with Gasteiger partial charge in [-0.15, -0.1) is 12.6 Å². The molecule has 0 aromatic heterocycles. The van der Waals surface area contributed by atoms with E-state index in [1.54, 1.807) is 6.07 Å². The van der Waals surface area contributed by atoms with Crippen molar-refractivity contribution in [2.45, 2.75) is 4.90 Å². The summed E-state index contributed by atoms with van der Waals surface area (Å²) in [5.74, 6) is 0. The van der Waals surface area contributed by atoms with Crippen molar-refractivity contribution in [1.29, 1.82) is 0 Å². The molecule has 0 radical (unpaired) electrons. The minimum absolute atomic E-state index is 0.525. The Balaban J connectivity index is 3.34. The van der Waals surface area contributed by atoms with E-state index in [9.17, 15) is 0 Å². The maximum atomic E-state index is 5.77. The molecule has 1 rings (SSSR count). The van der Waals surface area contributed by atoms with E-state index in [1.807, 2.05) is 6.07 Å². The molecular weight excluding hydrogens is 302 g/mol. The van der Waals surface area contributed by atoms with Crippen LogP contribution in [-0.4, -0.2) is 0 Å². The van der Waals surface area contributed by atoms with Crippen LogP contribution in [0, 0.1) is 3.57 Å². The van der Waals surface area contributed by atoms with E-state index in [-0.39, 0.29) is 0 Å². The van der Waals surface area contributed by atoms with E-state index >= 15 is 0 Å². The second-order valence-corrected chi connectivity index (χ2v) is 4.09. The quantitative estimate of drug-likeness (QED) is 0.420. The first-order chi connectivity index (χ1) is 4.63. The molecule has 0 amide bonds. The highest BCUT2D eigenvalue weighted by atomic mass is 127. The van der Waals surface area contributed by atoms with Gasteiger partial charge in [-0.25, -0.2) is 0 Å². The maximum Gasteiger partial charge on any atom is 0.0736 e. The molecule has 0 saturated heterocycles. The Hall–Kier alpha value is 0.880. The van der Waals surface area contributed by atoms with Gasteiger partial charge < -0.3 is 0 Å². The number of benzene rings is 1. The second kappa shape index (κ2) is 3.52. The van der Waals surface area contributed by atoms with Gasteiger partial charge in [-0.3, -0.25) is 0 Å². The van der Waals surface area contributed by atoms with E-state index in [0.717, 1.165) is 8.47 Å². The summed E-state index contributed by atoms with van der Waals surface area (Å²) in [5, 5.41) is 1.07. The zero-order chi connectivity index (χ0) is 7.72. The monoisotopic (exact) mass is 304 g/mol. The molecule has 0 aliphatic carbocycles. The lowest BCUT2D eigenvalue weighted by Crippen LogP contribution is -1.77. The maximum absolute atomic E-state index is 5.77. The Kier molecular flexibility index (Phi) is 3.16. The van der Waals surface area contributed by atoms with Crippen LogP contribution in [0.5, 0.6) is 0 Å². The molecule has 1 aromatic rings. The molecular formula is C6H3Cl2IS. The highest BCUT2D eigenvalue weighted by Gasteiger charge is 2.03. The van der Waals surface area contributed by atoms with Crippen molar-refractivity contribution in [2.75, 3.05) is 0 Å². The van der Waals surface area contributed by atoms with Gasteiger partial charge in [0.25, 0.3) is 0 Å². The van der Waals surface area contributed by atoms with Crippen molar-refractivity contribution in [3.05, 3.63) is 25.7 Å². The van der Waals surface area contributed by atoms with Gasteiger partial charge in [0.2, 0.25) is 0 Å². The van der Waals surface area contributed by atoms with Gasteiger partial charge in [0.05, 0.1) is 10.0 Å². The first-order valence-electron chi connectivity index (χ1n) is 2.45. The van der Waals surface area contributed by atoms with Crippen LogP contribution in [0.4, 0.5) is 0 Å². The van der Waals surface area contributed by atoms with Crippen LogP contribution in [0.25, 0.3) is 0 Å². The van der Waals surface area contributed by atoms with Gasteiger partial charge in [0, 0.05) is 8.47 Å². The summed E-state index contributed by atoms with van der Waals surface area (Å²) < 4.78 is 1.01. The molecule has 0 aliphatic rings. The van der Waals surface area contributed by atoms with E-state index in [1.165, 1.54) is 0 Å². The molecule has 0 unspecified atom stereocenters. The molecule has 10 heavy (non-hydrogen) atoms. The molecule has 0 bridgehead atoms. The lowest BCUT2D eigenvalue weighted by atomic mass is 10.4. The molecule has 0 aliphatic heterocycles. The molecule has 0 saturated carbocycles. The van der Waals surface area contributed by atoms with Crippen LogP contribution in [-0.2, 0) is 0 Å². The van der Waals surface area contributed by atoms with Gasteiger partial charge in [-0.1, -0.05) is 23.2 Å². The Bertz CT molecular complexity index is 235. The topological polar surface area (TPSA) is 0 Å². The molecule has 0 heterocycles. The minimum atomic E-state index is 0.525. The summed E-state index contributed by atoms with van der Waals surface area (Å²) in [4.78, 5) is 0.745. The average Bonchev–Trinajstić information content (AvgIpc) is 1.93. The van der Waals surface area contributed by atoms with E-state index in [0.29, 0.717) is 10.0 Å². The molecule has 0 spiro atoms. The van der Waals surface area contributed by atoms with Crippen molar-refractivity contribution < 1.29 is 0 Å². The zero-order valence-electron chi connectivity index (χ0n) is 4.74. The van der Waals surface area contributed by atoms with Gasteiger partial charge >= 0.3 is 0 Å². The summed E-state index contributed by atoms with van der Waals surface area (Å²) in [6.45, 7) is 0. The van der Waals surface area contributed by atoms with Gasteiger partial charge in [0.1, 0.15) is 0 Å². The lowest BCUT2D eigenvalue weighted by Gasteiger charge is -2.00. The number of halogens is 3. The standard InChI is InChI=1S/C6H3Cl2IS/c7-3-1-2-4(9)6(10)5(3)8/h1-2,10H. The van der Waals surface area contributed by atoms with Crippen molar-refractivity contribution in [2.24, 2.45) is 0 Å². The Morgan fingerprint density at radius 3 is 2.40 bits per heavy atom. The minimum Gasteiger partial charge on any atom is -0.141 e. The van der Waals surface area contributed by atoms with Crippen molar-refractivity contribution >= 4 is 58.4 Å². The molecule has 0 N–H and O–H groups in total. The van der Waals surface area contributed by atoms with Gasteiger partial charge in [-0.05, 0) is 34.7 Å². The van der Waals surface area contributed by atoms with E-state index < -0.39 is 0 Å². The van der Waals surface area contributed by atoms with Crippen LogP contribution in [0.2, 0.25) is 10.0 Å². The average molecular weight is 305 g/mol. The molecule has 0 fully saturated rings. The molecule has 0 nitrogen and oxygen atoms in total.